The quantitative estimate of drug-likeness (QED) is 0.538. The van der Waals surface area contributed by atoms with Crippen LogP contribution in [-0.4, -0.2) is 25.4 Å². The van der Waals surface area contributed by atoms with Gasteiger partial charge in [-0.3, -0.25) is 9.52 Å². The summed E-state index contributed by atoms with van der Waals surface area (Å²) < 4.78 is 33.2. The molecule has 0 saturated carbocycles. The highest BCUT2D eigenvalue weighted by atomic mass is 32.2. The molecule has 1 atom stereocenters. The zero-order valence-corrected chi connectivity index (χ0v) is 18.4. The lowest BCUT2D eigenvalue weighted by Gasteiger charge is -2.11. The smallest absolute Gasteiger partial charge is 0.261 e. The van der Waals surface area contributed by atoms with Gasteiger partial charge in [-0.2, -0.15) is 0 Å². The highest BCUT2D eigenvalue weighted by Crippen LogP contribution is 2.23. The van der Waals surface area contributed by atoms with Crippen LogP contribution in [0.3, 0.4) is 0 Å². The normalized spacial score (nSPS) is 12.1. The zero-order valence-electron chi connectivity index (χ0n) is 17.6. The minimum Gasteiger partial charge on any atom is -0.439 e. The van der Waals surface area contributed by atoms with Crippen molar-refractivity contribution in [3.05, 3.63) is 78.0 Å². The van der Waals surface area contributed by atoms with Gasteiger partial charge in [-0.1, -0.05) is 24.6 Å². The van der Waals surface area contributed by atoms with Gasteiger partial charge in [0, 0.05) is 24.0 Å². The van der Waals surface area contributed by atoms with Crippen LogP contribution in [0.5, 0.6) is 11.6 Å². The van der Waals surface area contributed by atoms with Crippen molar-refractivity contribution < 1.29 is 17.9 Å². The fourth-order valence-corrected chi connectivity index (χ4v) is 3.69. The molecule has 2 aromatic carbocycles. The van der Waals surface area contributed by atoms with Crippen LogP contribution in [-0.2, 0) is 10.0 Å². The number of amides is 1. The number of nitrogens with zero attached hydrogens (tertiary/aromatic N) is 1. The second kappa shape index (κ2) is 9.61. The summed E-state index contributed by atoms with van der Waals surface area (Å²) in [5.74, 6) is 0.634. The Kier molecular flexibility index (Phi) is 6.91. The van der Waals surface area contributed by atoms with Gasteiger partial charge in [0.1, 0.15) is 5.75 Å². The van der Waals surface area contributed by atoms with E-state index in [9.17, 15) is 13.2 Å². The Morgan fingerprint density at radius 3 is 2.29 bits per heavy atom. The van der Waals surface area contributed by atoms with Crippen molar-refractivity contribution in [3.8, 4) is 11.6 Å². The second-order valence-electron chi connectivity index (χ2n) is 7.21. The molecule has 0 fully saturated rings. The minimum absolute atomic E-state index is 0.0883. The SMILES string of the molecule is CCC(C)NC(=O)c1ccc(Oc2ccc(NS(=O)(=O)c3ccc(C)cc3)cc2)nc1. The molecular weight excluding hydrogens is 414 g/mol. The van der Waals surface area contributed by atoms with Gasteiger partial charge >= 0.3 is 0 Å². The molecule has 1 unspecified atom stereocenters. The number of pyridine rings is 1. The van der Waals surface area contributed by atoms with Gasteiger partial charge < -0.3 is 10.1 Å². The first kappa shape index (κ1) is 22.3. The first-order valence-corrected chi connectivity index (χ1v) is 11.4. The summed E-state index contributed by atoms with van der Waals surface area (Å²) in [6, 6.07) is 16.5. The molecule has 7 nitrogen and oxygen atoms in total. The molecule has 162 valence electrons. The summed E-state index contributed by atoms with van der Waals surface area (Å²) in [6.45, 7) is 5.83. The van der Waals surface area contributed by atoms with Crippen molar-refractivity contribution in [3.63, 3.8) is 0 Å². The fraction of sp³-hybridized carbons (Fsp3) is 0.217. The maximum atomic E-state index is 12.5. The average molecular weight is 440 g/mol. The van der Waals surface area contributed by atoms with E-state index in [-0.39, 0.29) is 16.8 Å². The first-order chi connectivity index (χ1) is 14.8. The third-order valence-electron chi connectivity index (χ3n) is 4.65. The molecule has 1 heterocycles. The Morgan fingerprint density at radius 2 is 1.71 bits per heavy atom. The molecule has 2 N–H and O–H groups in total. The summed E-state index contributed by atoms with van der Waals surface area (Å²) >= 11 is 0. The second-order valence-corrected chi connectivity index (χ2v) is 8.90. The number of ether oxygens (including phenoxy) is 1. The minimum atomic E-state index is -3.67. The van der Waals surface area contributed by atoms with Crippen LogP contribution < -0.4 is 14.8 Å². The zero-order chi connectivity index (χ0) is 22.4. The standard InChI is InChI=1S/C23H25N3O4S/c1-4-17(3)25-23(27)18-7-14-22(24-15-18)30-20-10-8-19(9-11-20)26-31(28,29)21-12-5-16(2)6-13-21/h5-15,17,26H,4H2,1-3H3,(H,25,27). The van der Waals surface area contributed by atoms with Gasteiger partial charge in [0.05, 0.1) is 10.5 Å². The van der Waals surface area contributed by atoms with Gasteiger partial charge in [0.2, 0.25) is 5.88 Å². The van der Waals surface area contributed by atoms with Crippen molar-refractivity contribution in [1.29, 1.82) is 0 Å². The van der Waals surface area contributed by atoms with Crippen molar-refractivity contribution in [2.24, 2.45) is 0 Å². The van der Waals surface area contributed by atoms with Crippen LogP contribution in [0.25, 0.3) is 0 Å². The molecule has 0 spiro atoms. The Labute approximate surface area is 182 Å². The Bertz CT molecular complexity index is 1130. The monoisotopic (exact) mass is 439 g/mol. The molecule has 1 aromatic heterocycles. The maximum Gasteiger partial charge on any atom is 0.261 e. The number of nitrogens with one attached hydrogen (secondary N) is 2. The first-order valence-electron chi connectivity index (χ1n) is 9.91. The number of carbonyl (C=O) groups is 1. The molecule has 31 heavy (non-hydrogen) atoms. The lowest BCUT2D eigenvalue weighted by atomic mass is 10.2. The number of anilines is 1. The largest absolute Gasteiger partial charge is 0.439 e. The van der Waals surface area contributed by atoms with Crippen molar-refractivity contribution in [2.45, 2.75) is 38.1 Å². The van der Waals surface area contributed by atoms with E-state index in [0.29, 0.717) is 22.9 Å². The maximum absolute atomic E-state index is 12.5. The summed E-state index contributed by atoms with van der Waals surface area (Å²) in [4.78, 5) is 16.5. The number of benzene rings is 2. The Morgan fingerprint density at radius 1 is 1.03 bits per heavy atom. The van der Waals surface area contributed by atoms with Gasteiger partial charge in [0.25, 0.3) is 15.9 Å². The van der Waals surface area contributed by atoms with Crippen LogP contribution in [0.1, 0.15) is 36.2 Å². The van der Waals surface area contributed by atoms with E-state index in [4.69, 9.17) is 4.74 Å². The molecule has 3 aromatic rings. The van der Waals surface area contributed by atoms with E-state index in [1.54, 1.807) is 60.7 Å². The number of sulfonamides is 1. The van der Waals surface area contributed by atoms with E-state index >= 15 is 0 Å². The number of aryl methyl sites for hydroxylation is 1. The highest BCUT2D eigenvalue weighted by molar-refractivity contribution is 7.92. The molecular formula is C23H25N3O4S. The van der Waals surface area contributed by atoms with E-state index in [1.165, 1.54) is 6.20 Å². The molecule has 0 aliphatic heterocycles. The van der Waals surface area contributed by atoms with Crippen LogP contribution in [0.4, 0.5) is 5.69 Å². The number of aromatic nitrogens is 1. The van der Waals surface area contributed by atoms with Crippen LogP contribution in [0.2, 0.25) is 0 Å². The third kappa shape index (κ3) is 6.05. The number of rotatable bonds is 8. The summed E-state index contributed by atoms with van der Waals surface area (Å²) in [6.07, 6.45) is 2.30. The van der Waals surface area contributed by atoms with Crippen molar-refractivity contribution >= 4 is 21.6 Å². The fourth-order valence-electron chi connectivity index (χ4n) is 2.63. The number of hydrogen-bond acceptors (Lipinski definition) is 5. The predicted octanol–water partition coefficient (Wildman–Crippen LogP) is 4.51. The molecule has 0 radical (unpaired) electrons. The molecule has 0 bridgehead atoms. The number of hydrogen-bond donors (Lipinski definition) is 2. The lowest BCUT2D eigenvalue weighted by Crippen LogP contribution is -2.31. The van der Waals surface area contributed by atoms with Gasteiger partial charge in [-0.25, -0.2) is 13.4 Å². The van der Waals surface area contributed by atoms with Gasteiger partial charge in [0.15, 0.2) is 0 Å². The molecule has 8 heteroatoms. The van der Waals surface area contributed by atoms with Crippen molar-refractivity contribution in [2.75, 3.05) is 4.72 Å². The summed E-state index contributed by atoms with van der Waals surface area (Å²) in [7, 11) is -3.67. The van der Waals surface area contributed by atoms with Crippen molar-refractivity contribution in [1.82, 2.24) is 10.3 Å². The van der Waals surface area contributed by atoms with E-state index < -0.39 is 10.0 Å². The molecule has 0 aliphatic carbocycles. The predicted molar refractivity (Wildman–Crippen MR) is 120 cm³/mol. The van der Waals surface area contributed by atoms with E-state index in [0.717, 1.165) is 12.0 Å². The van der Waals surface area contributed by atoms with Gasteiger partial charge in [-0.05, 0) is 62.7 Å². The third-order valence-corrected chi connectivity index (χ3v) is 6.05. The lowest BCUT2D eigenvalue weighted by molar-refractivity contribution is 0.0939. The average Bonchev–Trinajstić information content (AvgIpc) is 2.75. The van der Waals surface area contributed by atoms with Crippen LogP contribution in [0.15, 0.2) is 71.8 Å². The van der Waals surface area contributed by atoms with E-state index in [2.05, 4.69) is 15.0 Å². The Balaban J connectivity index is 1.63. The highest BCUT2D eigenvalue weighted by Gasteiger charge is 2.14. The van der Waals surface area contributed by atoms with E-state index in [1.807, 2.05) is 20.8 Å². The Hall–Kier alpha value is -3.39. The van der Waals surface area contributed by atoms with Crippen LogP contribution in [0, 0.1) is 6.92 Å². The summed E-state index contributed by atoms with van der Waals surface area (Å²) in [5, 5.41) is 2.88. The van der Waals surface area contributed by atoms with Gasteiger partial charge in [-0.15, -0.1) is 0 Å². The summed E-state index contributed by atoms with van der Waals surface area (Å²) in [5.41, 5.74) is 1.85. The van der Waals surface area contributed by atoms with Crippen LogP contribution >= 0.6 is 0 Å². The number of carbonyl (C=O) groups excluding carboxylic acids is 1. The topological polar surface area (TPSA) is 97.4 Å². The molecule has 3 rings (SSSR count). The molecule has 0 saturated heterocycles. The molecule has 0 aliphatic rings. The molecule has 1 amide bonds.